The smallest absolute Gasteiger partial charge is 0.160 e. The van der Waals surface area contributed by atoms with Crippen LogP contribution in [0.3, 0.4) is 0 Å². The first-order valence-electron chi connectivity index (χ1n) is 17.2. The van der Waals surface area contributed by atoms with E-state index in [0.717, 1.165) is 71.9 Å². The fourth-order valence-corrected chi connectivity index (χ4v) is 7.40. The molecule has 10 rings (SSSR count). The van der Waals surface area contributed by atoms with Crippen LogP contribution in [0.5, 0.6) is 0 Å². The summed E-state index contributed by atoms with van der Waals surface area (Å²) in [6.45, 7) is 0. The number of hydrogen-bond donors (Lipinski definition) is 0. The van der Waals surface area contributed by atoms with Gasteiger partial charge < -0.3 is 4.42 Å². The highest BCUT2D eigenvalue weighted by Crippen LogP contribution is 2.42. The molecule has 3 heteroatoms. The lowest BCUT2D eigenvalue weighted by Crippen LogP contribution is -1.96. The van der Waals surface area contributed by atoms with E-state index >= 15 is 0 Å². The molecule has 0 radical (unpaired) electrons. The minimum atomic E-state index is 0.705. The van der Waals surface area contributed by atoms with Crippen LogP contribution in [0.1, 0.15) is 0 Å². The van der Waals surface area contributed by atoms with Crippen LogP contribution in [0.2, 0.25) is 0 Å². The molecule has 0 atom stereocenters. The van der Waals surface area contributed by atoms with Gasteiger partial charge in [-0.15, -0.1) is 0 Å². The van der Waals surface area contributed by atoms with Gasteiger partial charge in [0, 0.05) is 32.8 Å². The number of furan rings is 1. The summed E-state index contributed by atoms with van der Waals surface area (Å²) in [5.74, 6) is 0.705. The molecular weight excluding hydrogens is 621 g/mol. The Morgan fingerprint density at radius 3 is 1.76 bits per heavy atom. The van der Waals surface area contributed by atoms with Gasteiger partial charge >= 0.3 is 0 Å². The fraction of sp³-hybridized carbons (Fsp3) is 0. The molecule has 238 valence electrons. The van der Waals surface area contributed by atoms with Gasteiger partial charge in [-0.2, -0.15) is 0 Å². The SMILES string of the molecule is c1ccc(-c2cc(-c3cccc(-c4cc5c6cc(-c7cccc8ccccc78)ccc6oc5c5ccccc45)c3)nc(-c3ccccc3)n2)cc1. The van der Waals surface area contributed by atoms with Crippen LogP contribution in [0.25, 0.3) is 99.6 Å². The van der Waals surface area contributed by atoms with Gasteiger partial charge in [-0.3, -0.25) is 0 Å². The first kappa shape index (κ1) is 29.1. The second kappa shape index (κ2) is 11.9. The van der Waals surface area contributed by atoms with Crippen molar-refractivity contribution >= 4 is 43.5 Å². The monoisotopic (exact) mass is 650 g/mol. The minimum Gasteiger partial charge on any atom is -0.455 e. The van der Waals surface area contributed by atoms with E-state index in [2.05, 4.69) is 146 Å². The predicted octanol–water partition coefficient (Wildman–Crippen LogP) is 13.0. The zero-order valence-electron chi connectivity index (χ0n) is 27.6. The maximum atomic E-state index is 6.62. The van der Waals surface area contributed by atoms with Crippen molar-refractivity contribution in [3.05, 3.63) is 182 Å². The van der Waals surface area contributed by atoms with Crippen molar-refractivity contribution in [2.45, 2.75) is 0 Å². The van der Waals surface area contributed by atoms with Crippen LogP contribution < -0.4 is 0 Å². The predicted molar refractivity (Wildman–Crippen MR) is 212 cm³/mol. The van der Waals surface area contributed by atoms with Crippen LogP contribution in [0, 0.1) is 0 Å². The first-order valence-corrected chi connectivity index (χ1v) is 17.2. The maximum absolute atomic E-state index is 6.62. The molecule has 3 nitrogen and oxygen atoms in total. The Hall–Kier alpha value is -6.84. The molecule has 0 bridgehead atoms. The van der Waals surface area contributed by atoms with Crippen molar-refractivity contribution in [2.24, 2.45) is 0 Å². The Bertz CT molecular complexity index is 2850. The average Bonchev–Trinajstić information content (AvgIpc) is 3.59. The summed E-state index contributed by atoms with van der Waals surface area (Å²) in [5.41, 5.74) is 11.3. The van der Waals surface area contributed by atoms with Gasteiger partial charge in [-0.1, -0.05) is 152 Å². The molecule has 8 aromatic carbocycles. The summed E-state index contributed by atoms with van der Waals surface area (Å²) in [5, 5.41) is 6.92. The zero-order chi connectivity index (χ0) is 33.7. The number of rotatable bonds is 5. The third kappa shape index (κ3) is 5.06. The maximum Gasteiger partial charge on any atom is 0.160 e. The van der Waals surface area contributed by atoms with Gasteiger partial charge in [0.15, 0.2) is 5.82 Å². The largest absolute Gasteiger partial charge is 0.455 e. The molecule has 0 unspecified atom stereocenters. The molecular formula is C48H30N2O. The topological polar surface area (TPSA) is 38.9 Å². The molecule has 0 spiro atoms. The Morgan fingerprint density at radius 2 is 0.941 bits per heavy atom. The number of aromatic nitrogens is 2. The molecule has 0 fully saturated rings. The van der Waals surface area contributed by atoms with Crippen molar-refractivity contribution < 1.29 is 4.42 Å². The Balaban J connectivity index is 1.16. The van der Waals surface area contributed by atoms with Crippen molar-refractivity contribution in [3.63, 3.8) is 0 Å². The normalized spacial score (nSPS) is 11.5. The number of benzene rings is 8. The van der Waals surface area contributed by atoms with Gasteiger partial charge in [-0.05, 0) is 68.7 Å². The van der Waals surface area contributed by atoms with E-state index in [1.54, 1.807) is 0 Å². The summed E-state index contributed by atoms with van der Waals surface area (Å²) in [6, 6.07) is 63.8. The van der Waals surface area contributed by atoms with Crippen LogP contribution >= 0.6 is 0 Å². The number of hydrogen-bond acceptors (Lipinski definition) is 3. The third-order valence-electron chi connectivity index (χ3n) is 9.87. The summed E-state index contributed by atoms with van der Waals surface area (Å²) in [4.78, 5) is 10.1. The minimum absolute atomic E-state index is 0.705. The molecule has 0 N–H and O–H groups in total. The molecule has 2 aromatic heterocycles. The van der Waals surface area contributed by atoms with Crippen LogP contribution in [0.4, 0.5) is 0 Å². The van der Waals surface area contributed by atoms with E-state index < -0.39 is 0 Å². The Kier molecular flexibility index (Phi) is 6.81. The fourth-order valence-electron chi connectivity index (χ4n) is 7.40. The second-order valence-electron chi connectivity index (χ2n) is 13.0. The van der Waals surface area contributed by atoms with Gasteiger partial charge in [0.05, 0.1) is 11.4 Å². The summed E-state index contributed by atoms with van der Waals surface area (Å²) in [7, 11) is 0. The van der Waals surface area contributed by atoms with Crippen molar-refractivity contribution in [2.75, 3.05) is 0 Å². The highest BCUT2D eigenvalue weighted by atomic mass is 16.3. The average molecular weight is 651 g/mol. The molecule has 0 saturated carbocycles. The van der Waals surface area contributed by atoms with Crippen molar-refractivity contribution in [1.82, 2.24) is 9.97 Å². The van der Waals surface area contributed by atoms with E-state index in [0.29, 0.717) is 5.82 Å². The van der Waals surface area contributed by atoms with E-state index in [-0.39, 0.29) is 0 Å². The van der Waals surface area contributed by atoms with Gasteiger partial charge in [-0.25, -0.2) is 9.97 Å². The van der Waals surface area contributed by atoms with E-state index in [4.69, 9.17) is 14.4 Å². The molecule has 10 aromatic rings. The first-order chi connectivity index (χ1) is 25.3. The lowest BCUT2D eigenvalue weighted by molar-refractivity contribution is 0.673. The third-order valence-corrected chi connectivity index (χ3v) is 9.87. The van der Waals surface area contributed by atoms with E-state index in [1.165, 1.54) is 21.9 Å². The number of fused-ring (bicyclic) bond motifs is 6. The molecule has 0 aliphatic heterocycles. The molecule has 0 aliphatic carbocycles. The van der Waals surface area contributed by atoms with Crippen LogP contribution in [-0.4, -0.2) is 9.97 Å². The molecule has 51 heavy (non-hydrogen) atoms. The summed E-state index contributed by atoms with van der Waals surface area (Å²) < 4.78 is 6.62. The quantitative estimate of drug-likeness (QED) is 0.186. The molecule has 0 amide bonds. The van der Waals surface area contributed by atoms with E-state index in [1.807, 2.05) is 36.4 Å². The van der Waals surface area contributed by atoms with Crippen LogP contribution in [-0.2, 0) is 0 Å². The second-order valence-corrected chi connectivity index (χ2v) is 13.0. The molecule has 0 saturated heterocycles. The van der Waals surface area contributed by atoms with Crippen molar-refractivity contribution in [1.29, 1.82) is 0 Å². The van der Waals surface area contributed by atoms with Gasteiger partial charge in [0.25, 0.3) is 0 Å². The summed E-state index contributed by atoms with van der Waals surface area (Å²) in [6.07, 6.45) is 0. The van der Waals surface area contributed by atoms with Crippen LogP contribution in [0.15, 0.2) is 186 Å². The number of nitrogens with zero attached hydrogens (tertiary/aromatic N) is 2. The van der Waals surface area contributed by atoms with Gasteiger partial charge in [0.2, 0.25) is 0 Å². The summed E-state index contributed by atoms with van der Waals surface area (Å²) >= 11 is 0. The lowest BCUT2D eigenvalue weighted by atomic mass is 9.93. The van der Waals surface area contributed by atoms with Gasteiger partial charge in [0.1, 0.15) is 11.2 Å². The highest BCUT2D eigenvalue weighted by Gasteiger charge is 2.17. The standard InChI is InChI=1S/C48H30N2O/c1-3-14-32(15-4-1)44-30-45(50-48(49-44)33-16-5-2-6-17-33)36-20-11-19-34(27-36)41-29-43-42-28-35(38-24-12-18-31-13-7-8-21-37(31)38)25-26-46(42)51-47(43)40-23-10-9-22-39(40)41/h1-30H. The van der Waals surface area contributed by atoms with Crippen molar-refractivity contribution in [3.8, 4) is 56.2 Å². The molecule has 2 heterocycles. The Labute approximate surface area is 295 Å². The highest BCUT2D eigenvalue weighted by molar-refractivity contribution is 6.19. The Morgan fingerprint density at radius 1 is 0.333 bits per heavy atom. The molecule has 0 aliphatic rings. The zero-order valence-corrected chi connectivity index (χ0v) is 27.6. The van der Waals surface area contributed by atoms with E-state index in [9.17, 15) is 0 Å². The lowest BCUT2D eigenvalue weighted by Gasteiger charge is -2.12.